The molecule has 188 valence electrons. The van der Waals surface area contributed by atoms with Crippen molar-refractivity contribution < 1.29 is 33.3 Å². The average molecular weight is 477 g/mol. The van der Waals surface area contributed by atoms with Gasteiger partial charge in [-0.2, -0.15) is 0 Å². The van der Waals surface area contributed by atoms with Crippen molar-refractivity contribution in [3.63, 3.8) is 0 Å². The summed E-state index contributed by atoms with van der Waals surface area (Å²) in [5, 5.41) is 6.46. The van der Waals surface area contributed by atoms with E-state index >= 15 is 0 Å². The first-order valence-electron chi connectivity index (χ1n) is 11.8. The highest BCUT2D eigenvalue weighted by atomic mass is 16.6. The molecule has 2 N–H and O–H groups in total. The first-order chi connectivity index (χ1) is 16.5. The topological polar surface area (TPSA) is 104 Å². The number of hydrogen-bond acceptors (Lipinski definition) is 7. The van der Waals surface area contributed by atoms with Crippen LogP contribution in [0.2, 0.25) is 0 Å². The number of benzene rings is 2. The van der Waals surface area contributed by atoms with Gasteiger partial charge >= 0.3 is 12.2 Å². The van der Waals surface area contributed by atoms with Crippen molar-refractivity contribution in [3.05, 3.63) is 18.2 Å². The summed E-state index contributed by atoms with van der Waals surface area (Å²) in [4.78, 5) is 25.1. The largest absolute Gasteiger partial charge is 0.497 e. The molecule has 0 saturated heterocycles. The molecular weight excluding hydrogens is 440 g/mol. The molecule has 34 heavy (non-hydrogen) atoms. The van der Waals surface area contributed by atoms with Gasteiger partial charge in [0.2, 0.25) is 11.5 Å². The average Bonchev–Trinajstić information content (AvgIpc) is 2.83. The quantitative estimate of drug-likeness (QED) is 0.372. The zero-order chi connectivity index (χ0) is 24.9. The van der Waals surface area contributed by atoms with Crippen molar-refractivity contribution >= 4 is 23.0 Å². The van der Waals surface area contributed by atoms with Crippen LogP contribution in [0.3, 0.4) is 0 Å². The second-order valence-corrected chi connectivity index (χ2v) is 7.43. The number of hydrogen-bond donors (Lipinski definition) is 2. The van der Waals surface area contributed by atoms with Crippen molar-refractivity contribution in [3.8, 4) is 28.7 Å². The van der Waals surface area contributed by atoms with Crippen LogP contribution < -0.4 is 34.3 Å². The van der Waals surface area contributed by atoms with Crippen molar-refractivity contribution in [2.75, 3.05) is 33.4 Å². The minimum Gasteiger partial charge on any atom is -0.497 e. The maximum atomic E-state index is 12.6. The third-order valence-electron chi connectivity index (χ3n) is 4.90. The summed E-state index contributed by atoms with van der Waals surface area (Å²) < 4.78 is 28.5. The second kappa shape index (κ2) is 14.0. The maximum Gasteiger partial charge on any atom is 0.412 e. The standard InChI is InChI=1S/C25H36N2O7/c1-6-10-14-26-24(28)33-20-18-13-12-17(30-5)16-19(18)21(34-25(29)27-15-11-7-2)23(32-9-4)22(20)31-8-3/h12-13,16H,6-11,14-15H2,1-5H3,(H,26,28)(H,27,29). The van der Waals surface area contributed by atoms with Gasteiger partial charge in [-0.3, -0.25) is 0 Å². The second-order valence-electron chi connectivity index (χ2n) is 7.43. The van der Waals surface area contributed by atoms with Crippen LogP contribution in [0.1, 0.15) is 53.4 Å². The zero-order valence-corrected chi connectivity index (χ0v) is 20.7. The van der Waals surface area contributed by atoms with Gasteiger partial charge < -0.3 is 34.3 Å². The number of rotatable bonds is 13. The molecule has 9 heteroatoms. The number of fused-ring (bicyclic) bond motifs is 1. The molecule has 9 nitrogen and oxygen atoms in total. The highest BCUT2D eigenvalue weighted by Crippen LogP contribution is 2.52. The third-order valence-corrected chi connectivity index (χ3v) is 4.90. The van der Waals surface area contributed by atoms with E-state index in [2.05, 4.69) is 10.6 Å². The van der Waals surface area contributed by atoms with E-state index in [0.29, 0.717) is 29.6 Å². The lowest BCUT2D eigenvalue weighted by atomic mass is 10.1. The van der Waals surface area contributed by atoms with Crippen LogP contribution in [-0.2, 0) is 0 Å². The van der Waals surface area contributed by atoms with Crippen molar-refractivity contribution in [2.45, 2.75) is 53.4 Å². The number of ether oxygens (including phenoxy) is 5. The summed E-state index contributed by atoms with van der Waals surface area (Å²) in [5.41, 5.74) is 0. The predicted octanol–water partition coefficient (Wildman–Crippen LogP) is 5.42. The Bertz CT molecular complexity index is 962. The lowest BCUT2D eigenvalue weighted by Gasteiger charge is -2.21. The van der Waals surface area contributed by atoms with E-state index in [0.717, 1.165) is 25.7 Å². The minimum atomic E-state index is -0.619. The smallest absolute Gasteiger partial charge is 0.412 e. The molecular formula is C25H36N2O7. The van der Waals surface area contributed by atoms with Gasteiger partial charge in [0.1, 0.15) is 5.75 Å². The summed E-state index contributed by atoms with van der Waals surface area (Å²) in [6.07, 6.45) is 2.30. The van der Waals surface area contributed by atoms with Crippen LogP contribution in [0.5, 0.6) is 28.7 Å². The van der Waals surface area contributed by atoms with E-state index in [1.54, 1.807) is 32.0 Å². The molecule has 0 radical (unpaired) electrons. The highest BCUT2D eigenvalue weighted by Gasteiger charge is 2.28. The Hall–Kier alpha value is -3.36. The van der Waals surface area contributed by atoms with Gasteiger partial charge in [0.25, 0.3) is 0 Å². The first-order valence-corrected chi connectivity index (χ1v) is 11.8. The number of methoxy groups -OCH3 is 1. The molecule has 0 heterocycles. The van der Waals surface area contributed by atoms with Gasteiger partial charge in [-0.15, -0.1) is 0 Å². The molecule has 0 aliphatic carbocycles. The monoisotopic (exact) mass is 476 g/mol. The molecule has 0 aliphatic heterocycles. The van der Waals surface area contributed by atoms with Crippen LogP contribution in [0.4, 0.5) is 9.59 Å². The van der Waals surface area contributed by atoms with Gasteiger partial charge in [-0.1, -0.05) is 26.7 Å². The maximum absolute atomic E-state index is 12.6. The van der Waals surface area contributed by atoms with Crippen LogP contribution in [0.25, 0.3) is 10.8 Å². The third kappa shape index (κ3) is 7.07. The molecule has 0 bridgehead atoms. The van der Waals surface area contributed by atoms with E-state index in [9.17, 15) is 9.59 Å². The van der Waals surface area contributed by atoms with Crippen molar-refractivity contribution in [2.24, 2.45) is 0 Å². The zero-order valence-electron chi connectivity index (χ0n) is 20.7. The molecule has 2 aromatic rings. The summed E-state index contributed by atoms with van der Waals surface area (Å²) in [7, 11) is 1.54. The van der Waals surface area contributed by atoms with Gasteiger partial charge in [0.15, 0.2) is 11.5 Å². The number of amides is 2. The predicted molar refractivity (Wildman–Crippen MR) is 131 cm³/mol. The Balaban J connectivity index is 2.65. The van der Waals surface area contributed by atoms with Gasteiger partial charge in [0, 0.05) is 23.9 Å². The van der Waals surface area contributed by atoms with Gasteiger partial charge in [0.05, 0.1) is 20.3 Å². The Kier molecular flexibility index (Phi) is 11.1. The number of unbranched alkanes of at least 4 members (excludes halogenated alkanes) is 2. The van der Waals surface area contributed by atoms with E-state index in [1.165, 1.54) is 7.11 Å². The molecule has 0 saturated carbocycles. The fraction of sp³-hybridized carbons (Fsp3) is 0.520. The van der Waals surface area contributed by atoms with Crippen LogP contribution in [0, 0.1) is 0 Å². The Morgan fingerprint density at radius 2 is 1.24 bits per heavy atom. The molecule has 2 amide bonds. The minimum absolute atomic E-state index is 0.159. The van der Waals surface area contributed by atoms with E-state index in [-0.39, 0.29) is 36.2 Å². The van der Waals surface area contributed by atoms with E-state index < -0.39 is 12.2 Å². The summed E-state index contributed by atoms with van der Waals surface area (Å²) in [6, 6.07) is 5.15. The van der Waals surface area contributed by atoms with Gasteiger partial charge in [-0.05, 0) is 44.9 Å². The van der Waals surface area contributed by atoms with Crippen LogP contribution >= 0.6 is 0 Å². The molecule has 0 fully saturated rings. The van der Waals surface area contributed by atoms with Crippen LogP contribution in [0.15, 0.2) is 18.2 Å². The van der Waals surface area contributed by atoms with E-state index in [4.69, 9.17) is 23.7 Å². The molecule has 0 aliphatic rings. The Labute approximate surface area is 201 Å². The number of carbonyl (C=O) groups excluding carboxylic acids is 2. The number of carbonyl (C=O) groups is 2. The van der Waals surface area contributed by atoms with E-state index in [1.807, 2.05) is 13.8 Å². The molecule has 2 aromatic carbocycles. The molecule has 2 rings (SSSR count). The summed E-state index contributed by atoms with van der Waals surface area (Å²) >= 11 is 0. The lowest BCUT2D eigenvalue weighted by molar-refractivity contribution is 0.192. The molecule has 0 unspecified atom stereocenters. The molecule has 0 spiro atoms. The van der Waals surface area contributed by atoms with Crippen LogP contribution in [-0.4, -0.2) is 45.6 Å². The van der Waals surface area contributed by atoms with Crippen molar-refractivity contribution in [1.29, 1.82) is 0 Å². The fourth-order valence-electron chi connectivity index (χ4n) is 3.23. The first kappa shape index (κ1) is 26.9. The lowest BCUT2D eigenvalue weighted by Crippen LogP contribution is -2.28. The Morgan fingerprint density at radius 1 is 0.735 bits per heavy atom. The normalized spacial score (nSPS) is 10.5. The Morgan fingerprint density at radius 3 is 1.68 bits per heavy atom. The van der Waals surface area contributed by atoms with Gasteiger partial charge in [-0.25, -0.2) is 9.59 Å². The SMILES string of the molecule is CCCCNC(=O)Oc1c(OCC)c(OCC)c(OC(=O)NCCCC)c2cc(OC)ccc12. The fourth-order valence-corrected chi connectivity index (χ4v) is 3.23. The number of nitrogens with one attached hydrogen (secondary N) is 2. The van der Waals surface area contributed by atoms with Crippen molar-refractivity contribution in [1.82, 2.24) is 10.6 Å². The molecule has 0 aromatic heterocycles. The summed E-state index contributed by atoms with van der Waals surface area (Å²) in [6.45, 7) is 9.19. The highest BCUT2D eigenvalue weighted by molar-refractivity contribution is 6.01. The summed E-state index contributed by atoms with van der Waals surface area (Å²) in [5.74, 6) is 1.23. The molecule has 0 atom stereocenters.